The first-order valence-electron chi connectivity index (χ1n) is 6.92. The molecule has 1 saturated heterocycles. The highest BCUT2D eigenvalue weighted by molar-refractivity contribution is 5.82. The standard InChI is InChI=1S/C13H24N2O2/c16-10-13(7-5-8-13)15-12(17)11-6-3-1-2-4-9-14-11/h11,14,16H,1-10H2,(H,15,17). The van der Waals surface area contributed by atoms with E-state index in [2.05, 4.69) is 10.6 Å². The van der Waals surface area contributed by atoms with Gasteiger partial charge in [-0.1, -0.05) is 19.3 Å². The van der Waals surface area contributed by atoms with Gasteiger partial charge in [-0.05, 0) is 38.6 Å². The van der Waals surface area contributed by atoms with E-state index in [0.717, 1.165) is 45.1 Å². The molecule has 1 saturated carbocycles. The minimum atomic E-state index is -0.304. The molecule has 0 aromatic rings. The minimum absolute atomic E-state index is 0.0562. The van der Waals surface area contributed by atoms with E-state index in [1.165, 1.54) is 12.8 Å². The molecule has 0 aromatic carbocycles. The Bertz CT molecular complexity index is 251. The van der Waals surface area contributed by atoms with Crippen molar-refractivity contribution in [3.05, 3.63) is 0 Å². The highest BCUT2D eigenvalue weighted by atomic mass is 16.3. The van der Waals surface area contributed by atoms with Gasteiger partial charge < -0.3 is 15.7 Å². The molecule has 3 N–H and O–H groups in total. The Hall–Kier alpha value is -0.610. The van der Waals surface area contributed by atoms with Crippen LogP contribution in [-0.2, 0) is 4.79 Å². The Kier molecular flexibility index (Phi) is 4.40. The Balaban J connectivity index is 1.84. The molecular weight excluding hydrogens is 216 g/mol. The monoisotopic (exact) mass is 240 g/mol. The number of rotatable bonds is 3. The maximum Gasteiger partial charge on any atom is 0.237 e. The largest absolute Gasteiger partial charge is 0.394 e. The summed E-state index contributed by atoms with van der Waals surface area (Å²) < 4.78 is 0. The Labute approximate surface area is 103 Å². The summed E-state index contributed by atoms with van der Waals surface area (Å²) in [5.74, 6) is 0.0839. The lowest BCUT2D eigenvalue weighted by molar-refractivity contribution is -0.127. The number of nitrogens with one attached hydrogen (secondary N) is 2. The van der Waals surface area contributed by atoms with Gasteiger partial charge in [0.25, 0.3) is 0 Å². The third-order valence-electron chi connectivity index (χ3n) is 4.13. The molecule has 98 valence electrons. The van der Waals surface area contributed by atoms with E-state index in [4.69, 9.17) is 0 Å². The SMILES string of the molecule is O=C(NC1(CO)CCC1)C1CCCCCCN1. The van der Waals surface area contributed by atoms with E-state index < -0.39 is 0 Å². The van der Waals surface area contributed by atoms with Gasteiger partial charge in [-0.3, -0.25) is 4.79 Å². The maximum absolute atomic E-state index is 12.1. The van der Waals surface area contributed by atoms with E-state index in [9.17, 15) is 9.90 Å². The van der Waals surface area contributed by atoms with Gasteiger partial charge in [0.2, 0.25) is 5.91 Å². The van der Waals surface area contributed by atoms with Gasteiger partial charge in [-0.25, -0.2) is 0 Å². The van der Waals surface area contributed by atoms with Crippen molar-refractivity contribution in [2.75, 3.05) is 13.2 Å². The third-order valence-corrected chi connectivity index (χ3v) is 4.13. The van der Waals surface area contributed by atoms with E-state index >= 15 is 0 Å². The van der Waals surface area contributed by atoms with Crippen molar-refractivity contribution >= 4 is 5.91 Å². The van der Waals surface area contributed by atoms with E-state index in [1.54, 1.807) is 0 Å². The molecule has 2 rings (SSSR count). The summed E-state index contributed by atoms with van der Waals surface area (Å²) in [6.07, 6.45) is 8.65. The van der Waals surface area contributed by atoms with Gasteiger partial charge in [0.1, 0.15) is 0 Å². The fraction of sp³-hybridized carbons (Fsp3) is 0.923. The molecule has 1 unspecified atom stereocenters. The number of aliphatic hydroxyl groups is 1. The predicted molar refractivity (Wildman–Crippen MR) is 66.7 cm³/mol. The second-order valence-corrected chi connectivity index (χ2v) is 5.49. The average Bonchev–Trinajstić information content (AvgIpc) is 2.22. The van der Waals surface area contributed by atoms with E-state index in [1.807, 2.05) is 0 Å². The summed E-state index contributed by atoms with van der Waals surface area (Å²) in [6, 6.07) is -0.0562. The molecule has 0 aromatic heterocycles. The van der Waals surface area contributed by atoms with E-state index in [0.29, 0.717) is 0 Å². The molecule has 4 heteroatoms. The molecule has 1 atom stereocenters. The van der Waals surface area contributed by atoms with Crippen molar-refractivity contribution in [1.82, 2.24) is 10.6 Å². The summed E-state index contributed by atoms with van der Waals surface area (Å²) >= 11 is 0. The molecule has 17 heavy (non-hydrogen) atoms. The van der Waals surface area contributed by atoms with Crippen LogP contribution in [0, 0.1) is 0 Å². The molecule has 2 fully saturated rings. The van der Waals surface area contributed by atoms with Crippen molar-refractivity contribution in [3.8, 4) is 0 Å². The number of hydrogen-bond acceptors (Lipinski definition) is 3. The van der Waals surface area contributed by atoms with Crippen molar-refractivity contribution < 1.29 is 9.90 Å². The third kappa shape index (κ3) is 3.19. The molecule has 1 heterocycles. The highest BCUT2D eigenvalue weighted by Gasteiger charge is 2.38. The topological polar surface area (TPSA) is 61.4 Å². The van der Waals surface area contributed by atoms with Crippen LogP contribution in [0.25, 0.3) is 0 Å². The molecule has 0 spiro atoms. The van der Waals surface area contributed by atoms with Crippen LogP contribution in [0.4, 0.5) is 0 Å². The Morgan fingerprint density at radius 2 is 2.00 bits per heavy atom. The zero-order valence-electron chi connectivity index (χ0n) is 10.5. The number of carbonyl (C=O) groups is 1. The lowest BCUT2D eigenvalue weighted by atomic mass is 9.77. The molecule has 0 bridgehead atoms. The Morgan fingerprint density at radius 1 is 1.24 bits per heavy atom. The first-order chi connectivity index (χ1) is 8.26. The van der Waals surface area contributed by atoms with Crippen LogP contribution in [0.1, 0.15) is 51.4 Å². The zero-order valence-corrected chi connectivity index (χ0v) is 10.5. The lowest BCUT2D eigenvalue weighted by Gasteiger charge is -2.42. The molecule has 0 radical (unpaired) electrons. The lowest BCUT2D eigenvalue weighted by Crippen LogP contribution is -2.60. The molecule has 1 aliphatic heterocycles. The second kappa shape index (κ2) is 5.83. The summed E-state index contributed by atoms with van der Waals surface area (Å²) in [4.78, 5) is 12.1. The van der Waals surface area contributed by atoms with Gasteiger partial charge in [-0.2, -0.15) is 0 Å². The van der Waals surface area contributed by atoms with Gasteiger partial charge in [-0.15, -0.1) is 0 Å². The smallest absolute Gasteiger partial charge is 0.237 e. The maximum atomic E-state index is 12.1. The molecular formula is C13H24N2O2. The quantitative estimate of drug-likeness (QED) is 0.688. The predicted octanol–water partition coefficient (Wildman–Crippen LogP) is 0.940. The van der Waals surface area contributed by atoms with Crippen LogP contribution in [0.15, 0.2) is 0 Å². The second-order valence-electron chi connectivity index (χ2n) is 5.49. The van der Waals surface area contributed by atoms with Crippen LogP contribution in [-0.4, -0.2) is 35.7 Å². The van der Waals surface area contributed by atoms with Crippen molar-refractivity contribution in [1.29, 1.82) is 0 Å². The summed E-state index contributed by atoms with van der Waals surface area (Å²) in [5, 5.41) is 15.7. The molecule has 1 amide bonds. The van der Waals surface area contributed by atoms with Crippen LogP contribution in [0.2, 0.25) is 0 Å². The summed E-state index contributed by atoms with van der Waals surface area (Å²) in [7, 11) is 0. The molecule has 2 aliphatic rings. The average molecular weight is 240 g/mol. The summed E-state index contributed by atoms with van der Waals surface area (Å²) in [5.41, 5.74) is -0.304. The van der Waals surface area contributed by atoms with Crippen LogP contribution in [0.3, 0.4) is 0 Å². The van der Waals surface area contributed by atoms with Crippen molar-refractivity contribution in [2.24, 2.45) is 0 Å². The number of aliphatic hydroxyl groups excluding tert-OH is 1. The number of amides is 1. The van der Waals surface area contributed by atoms with Crippen molar-refractivity contribution in [3.63, 3.8) is 0 Å². The van der Waals surface area contributed by atoms with Gasteiger partial charge in [0.05, 0.1) is 18.2 Å². The van der Waals surface area contributed by atoms with Crippen molar-refractivity contribution in [2.45, 2.75) is 62.9 Å². The van der Waals surface area contributed by atoms with E-state index in [-0.39, 0.29) is 24.1 Å². The summed E-state index contributed by atoms with van der Waals surface area (Å²) in [6.45, 7) is 1.01. The molecule has 4 nitrogen and oxygen atoms in total. The van der Waals surface area contributed by atoms with Gasteiger partial charge in [0.15, 0.2) is 0 Å². The highest BCUT2D eigenvalue weighted by Crippen LogP contribution is 2.31. The van der Waals surface area contributed by atoms with Crippen LogP contribution < -0.4 is 10.6 Å². The zero-order chi connectivity index (χ0) is 12.1. The number of hydrogen-bond donors (Lipinski definition) is 3. The molecule has 1 aliphatic carbocycles. The fourth-order valence-electron chi connectivity index (χ4n) is 2.70. The van der Waals surface area contributed by atoms with Crippen LogP contribution >= 0.6 is 0 Å². The number of carbonyl (C=O) groups excluding carboxylic acids is 1. The minimum Gasteiger partial charge on any atom is -0.394 e. The fourth-order valence-corrected chi connectivity index (χ4v) is 2.70. The first-order valence-corrected chi connectivity index (χ1v) is 6.92. The Morgan fingerprint density at radius 3 is 2.65 bits per heavy atom. The normalized spacial score (nSPS) is 28.6. The van der Waals surface area contributed by atoms with Gasteiger partial charge >= 0.3 is 0 Å². The van der Waals surface area contributed by atoms with Crippen LogP contribution in [0.5, 0.6) is 0 Å². The first kappa shape index (κ1) is 12.8. The van der Waals surface area contributed by atoms with Gasteiger partial charge in [0, 0.05) is 0 Å².